The second-order valence-corrected chi connectivity index (χ2v) is 22.0. The van der Waals surface area contributed by atoms with Crippen molar-refractivity contribution >= 4 is 72.4 Å². The second-order valence-electron chi connectivity index (χ2n) is 18.2. The first kappa shape index (κ1) is 36.9. The smallest absolute Gasteiger partial charge is 0.179 e. The van der Waals surface area contributed by atoms with E-state index in [1.54, 1.807) is 0 Å². The van der Waals surface area contributed by atoms with E-state index in [4.69, 9.17) is 0 Å². The summed E-state index contributed by atoms with van der Waals surface area (Å²) in [6.45, 7) is 13.9. The van der Waals surface area contributed by atoms with Crippen LogP contribution in [0.3, 0.4) is 0 Å². The quantitative estimate of drug-likeness (QED) is 0.118. The minimum Gasteiger partial charge on any atom is -0.309 e. The lowest BCUT2D eigenvalue weighted by molar-refractivity contribution is 0.590. The van der Waals surface area contributed by atoms with E-state index < -0.39 is 8.07 Å². The molecule has 10 aromatic rings. The molecule has 8 aromatic carbocycles. The van der Waals surface area contributed by atoms with Gasteiger partial charge < -0.3 is 9.13 Å². The van der Waals surface area contributed by atoms with Gasteiger partial charge in [0.15, 0.2) is 8.07 Å². The molecule has 2 aromatic heterocycles. The zero-order chi connectivity index (χ0) is 40.5. The summed E-state index contributed by atoms with van der Waals surface area (Å²) in [4.78, 5) is 0. The van der Waals surface area contributed by atoms with E-state index in [9.17, 15) is 0 Å². The maximum Gasteiger partial charge on any atom is 0.179 e. The molecule has 0 saturated heterocycles. The molecule has 0 bridgehead atoms. The van der Waals surface area contributed by atoms with Crippen molar-refractivity contribution in [3.8, 4) is 11.4 Å². The van der Waals surface area contributed by atoms with Gasteiger partial charge >= 0.3 is 0 Å². The topological polar surface area (TPSA) is 9.86 Å². The van der Waals surface area contributed by atoms with Crippen LogP contribution in [-0.4, -0.2) is 17.2 Å². The number of nitrogens with zero attached hydrogens (tertiary/aromatic N) is 2. The predicted octanol–water partition coefficient (Wildman–Crippen LogP) is 11.9. The zero-order valence-electron chi connectivity index (χ0n) is 34.9. The van der Waals surface area contributed by atoms with Crippen molar-refractivity contribution in [1.82, 2.24) is 9.13 Å². The molecule has 0 N–H and O–H groups in total. The molecule has 2 nitrogen and oxygen atoms in total. The molecule has 59 heavy (non-hydrogen) atoms. The molecule has 0 fully saturated rings. The van der Waals surface area contributed by atoms with Crippen LogP contribution in [0.25, 0.3) is 55.0 Å². The number of rotatable bonds is 6. The number of fused-ring (bicyclic) bond motifs is 6. The van der Waals surface area contributed by atoms with Gasteiger partial charge in [0.05, 0.1) is 27.8 Å². The monoisotopic (exact) mass is 778 g/mol. The maximum absolute atomic E-state index is 2.75. The van der Waals surface area contributed by atoms with E-state index in [2.05, 4.69) is 245 Å². The van der Waals surface area contributed by atoms with E-state index in [1.807, 2.05) is 0 Å². The fourth-order valence-electron chi connectivity index (χ4n) is 9.62. The lowest BCUT2D eigenvalue weighted by atomic mass is 9.85. The summed E-state index contributed by atoms with van der Waals surface area (Å²) < 4.78 is 5.03. The highest BCUT2D eigenvalue weighted by Crippen LogP contribution is 2.42. The van der Waals surface area contributed by atoms with Crippen molar-refractivity contribution in [3.05, 3.63) is 205 Å². The van der Waals surface area contributed by atoms with Gasteiger partial charge in [-0.15, -0.1) is 0 Å². The van der Waals surface area contributed by atoms with E-state index in [0.717, 1.165) is 5.69 Å². The molecule has 0 spiro atoms. The summed E-state index contributed by atoms with van der Waals surface area (Å²) in [5.41, 5.74) is 9.98. The van der Waals surface area contributed by atoms with Crippen molar-refractivity contribution in [3.63, 3.8) is 0 Å². The first-order chi connectivity index (χ1) is 28.5. The van der Waals surface area contributed by atoms with Crippen LogP contribution in [0.5, 0.6) is 0 Å². The van der Waals surface area contributed by atoms with Crippen LogP contribution in [0.15, 0.2) is 194 Å². The van der Waals surface area contributed by atoms with Crippen molar-refractivity contribution in [2.75, 3.05) is 0 Å². The molecule has 3 heteroatoms. The minimum absolute atomic E-state index is 0.0359. The zero-order valence-corrected chi connectivity index (χ0v) is 35.9. The third-order valence-electron chi connectivity index (χ3n) is 12.6. The van der Waals surface area contributed by atoms with E-state index in [-0.39, 0.29) is 10.8 Å². The first-order valence-corrected chi connectivity index (χ1v) is 22.9. The number of hydrogen-bond donors (Lipinski definition) is 0. The third-order valence-corrected chi connectivity index (χ3v) is 17.3. The number of hydrogen-bond acceptors (Lipinski definition) is 0. The Labute approximate surface area is 349 Å². The van der Waals surface area contributed by atoms with Crippen LogP contribution in [0, 0.1) is 0 Å². The average Bonchev–Trinajstić information content (AvgIpc) is 3.77. The Morgan fingerprint density at radius 1 is 0.339 bits per heavy atom. The summed E-state index contributed by atoms with van der Waals surface area (Å²) in [5, 5.41) is 10.6. The number of benzene rings is 8. The van der Waals surface area contributed by atoms with Crippen molar-refractivity contribution in [2.45, 2.75) is 52.4 Å². The molecule has 0 atom stereocenters. The fourth-order valence-corrected chi connectivity index (χ4v) is 14.4. The Hall–Kier alpha value is -6.42. The molecule has 0 unspecified atom stereocenters. The summed E-state index contributed by atoms with van der Waals surface area (Å²) in [6.07, 6.45) is 0. The van der Waals surface area contributed by atoms with Gasteiger partial charge in [-0.3, -0.25) is 0 Å². The largest absolute Gasteiger partial charge is 0.309 e. The Morgan fingerprint density at radius 2 is 0.780 bits per heavy atom. The molecular formula is C56H50N2Si. The molecule has 0 radical (unpaired) electrons. The first-order valence-electron chi connectivity index (χ1n) is 20.9. The van der Waals surface area contributed by atoms with Gasteiger partial charge in [-0.05, 0) is 97.3 Å². The highest BCUT2D eigenvalue weighted by atomic mass is 28.3. The average molecular weight is 779 g/mol. The van der Waals surface area contributed by atoms with Crippen LogP contribution >= 0.6 is 0 Å². The Balaban J connectivity index is 1.27. The van der Waals surface area contributed by atoms with Crippen LogP contribution in [0.4, 0.5) is 0 Å². The van der Waals surface area contributed by atoms with E-state index in [0.29, 0.717) is 0 Å². The van der Waals surface area contributed by atoms with Gasteiger partial charge in [0.1, 0.15) is 0 Å². The Morgan fingerprint density at radius 3 is 1.31 bits per heavy atom. The van der Waals surface area contributed by atoms with Gasteiger partial charge in [0, 0.05) is 27.2 Å². The second kappa shape index (κ2) is 13.9. The lowest BCUT2D eigenvalue weighted by Gasteiger charge is -2.34. The molecule has 0 aliphatic carbocycles. The lowest BCUT2D eigenvalue weighted by Crippen LogP contribution is -2.74. The van der Waals surface area contributed by atoms with Crippen molar-refractivity contribution in [1.29, 1.82) is 0 Å². The third kappa shape index (κ3) is 5.90. The molecule has 0 amide bonds. The molecule has 2 heterocycles. The standard InChI is InChI=1S/C56H50N2Si/c1-55(2,3)39-32-34-50-47(36-39)48-37-40(56(4,5)6)33-35-51(48)58(50)53-31-19-30-52-54(53)46-28-16-17-29-49(46)57(52)41-20-18-27-45(38-41)59(42-21-10-7-11-22-42,43-23-12-8-13-24-43)44-25-14-9-15-26-44/h7-38H,1-6H3. The SMILES string of the molecule is CC(C)(C)c1ccc2c(c1)c1cc(C(C)(C)C)ccc1n2-c1cccc2c1c1ccccc1n2-c1cccc([Si](c2ccccc2)(c2ccccc2)c2ccccc2)c1. The minimum atomic E-state index is -2.75. The summed E-state index contributed by atoms with van der Waals surface area (Å²) in [5.74, 6) is 0. The summed E-state index contributed by atoms with van der Waals surface area (Å²) >= 11 is 0. The van der Waals surface area contributed by atoms with Crippen LogP contribution in [-0.2, 0) is 10.8 Å². The van der Waals surface area contributed by atoms with Crippen molar-refractivity contribution < 1.29 is 0 Å². The fraction of sp³-hybridized carbons (Fsp3) is 0.143. The van der Waals surface area contributed by atoms with Crippen LogP contribution in [0.1, 0.15) is 52.7 Å². The normalized spacial score (nSPS) is 12.6. The highest BCUT2D eigenvalue weighted by Gasteiger charge is 2.41. The summed E-state index contributed by atoms with van der Waals surface area (Å²) in [6, 6.07) is 73.2. The van der Waals surface area contributed by atoms with Crippen LogP contribution < -0.4 is 20.7 Å². The van der Waals surface area contributed by atoms with Gasteiger partial charge in [-0.25, -0.2) is 0 Å². The van der Waals surface area contributed by atoms with Gasteiger partial charge in [-0.2, -0.15) is 0 Å². The molecule has 10 rings (SSSR count). The maximum atomic E-state index is 2.53. The molecular weight excluding hydrogens is 729 g/mol. The molecule has 288 valence electrons. The Bertz CT molecular complexity index is 2990. The van der Waals surface area contributed by atoms with Gasteiger partial charge in [-0.1, -0.05) is 181 Å². The van der Waals surface area contributed by atoms with Gasteiger partial charge in [0.2, 0.25) is 0 Å². The highest BCUT2D eigenvalue weighted by molar-refractivity contribution is 7.19. The predicted molar refractivity (Wildman–Crippen MR) is 256 cm³/mol. The molecule has 0 aliphatic heterocycles. The van der Waals surface area contributed by atoms with Gasteiger partial charge in [0.25, 0.3) is 0 Å². The van der Waals surface area contributed by atoms with Crippen LogP contribution in [0.2, 0.25) is 0 Å². The van der Waals surface area contributed by atoms with Crippen molar-refractivity contribution in [2.24, 2.45) is 0 Å². The number of aromatic nitrogens is 2. The van der Waals surface area contributed by atoms with E-state index >= 15 is 0 Å². The van der Waals surface area contributed by atoms with E-state index in [1.165, 1.54) is 81.2 Å². The number of para-hydroxylation sites is 1. The molecule has 0 saturated carbocycles. The molecule has 0 aliphatic rings. The Kier molecular flexibility index (Phi) is 8.66. The summed E-state index contributed by atoms with van der Waals surface area (Å²) in [7, 11) is -2.75.